The molecule has 0 unspecified atom stereocenters. The van der Waals surface area contributed by atoms with Crippen LogP contribution in [0.15, 0.2) is 128 Å². The van der Waals surface area contributed by atoms with Crippen molar-refractivity contribution in [1.82, 2.24) is 24.9 Å². The largest absolute Gasteiger partial charge is 0.263 e. The maximum absolute atomic E-state index is 5.04. The summed E-state index contributed by atoms with van der Waals surface area (Å²) in [5.74, 6) is 2.35. The van der Waals surface area contributed by atoms with Crippen LogP contribution in [0.3, 0.4) is 0 Å². The highest BCUT2D eigenvalue weighted by Gasteiger charge is 2.26. The van der Waals surface area contributed by atoms with E-state index in [2.05, 4.69) is 100 Å². The van der Waals surface area contributed by atoms with Crippen molar-refractivity contribution in [2.24, 2.45) is 0 Å². The Kier molecular flexibility index (Phi) is 9.01. The number of aromatic nitrogens is 5. The average Bonchev–Trinajstić information content (AvgIpc) is 3.12. The smallest absolute Gasteiger partial charge is 0.239 e. The first-order chi connectivity index (χ1) is 24.3. The van der Waals surface area contributed by atoms with E-state index in [-0.39, 0.29) is 5.92 Å². The molecular formula is C44H40N6. The molecule has 0 saturated carbocycles. The minimum atomic E-state index is 0.0595. The summed E-state index contributed by atoms with van der Waals surface area (Å²) in [5, 5.41) is 0. The summed E-state index contributed by atoms with van der Waals surface area (Å²) in [4.78, 5) is 25.8. The van der Waals surface area contributed by atoms with Crippen LogP contribution in [0, 0.1) is 41.5 Å². The number of hydrogen-bond acceptors (Lipinski definition) is 6. The van der Waals surface area contributed by atoms with Crippen molar-refractivity contribution in [2.75, 3.05) is 4.90 Å². The fraction of sp³-hybridized carbons (Fsp3) is 0.159. The van der Waals surface area contributed by atoms with E-state index < -0.39 is 0 Å². The molecule has 50 heavy (non-hydrogen) atoms. The van der Waals surface area contributed by atoms with Gasteiger partial charge in [-0.3, -0.25) is 4.90 Å². The van der Waals surface area contributed by atoms with Gasteiger partial charge in [0.05, 0.1) is 5.69 Å². The molecule has 2 aromatic heterocycles. The molecule has 6 heteroatoms. The Balaban J connectivity index is 1.41. The summed E-state index contributed by atoms with van der Waals surface area (Å²) >= 11 is 0. The highest BCUT2D eigenvalue weighted by atomic mass is 15.3. The zero-order chi connectivity index (χ0) is 34.8. The summed E-state index contributed by atoms with van der Waals surface area (Å²) < 4.78 is 0. The second-order valence-electron chi connectivity index (χ2n) is 13.1. The van der Waals surface area contributed by atoms with E-state index in [0.29, 0.717) is 23.4 Å². The van der Waals surface area contributed by atoms with Crippen molar-refractivity contribution in [3.8, 4) is 22.8 Å². The lowest BCUT2D eigenvalue weighted by molar-refractivity contribution is 0.918. The number of rotatable bonds is 8. The molecule has 0 amide bonds. The third kappa shape index (κ3) is 6.52. The first kappa shape index (κ1) is 32.5. The van der Waals surface area contributed by atoms with Crippen LogP contribution in [-0.4, -0.2) is 24.9 Å². The average molecular weight is 653 g/mol. The molecule has 7 rings (SSSR count). The van der Waals surface area contributed by atoms with E-state index in [1.807, 2.05) is 71.6 Å². The summed E-state index contributed by atoms with van der Waals surface area (Å²) in [5.41, 5.74) is 14.3. The van der Waals surface area contributed by atoms with Crippen molar-refractivity contribution < 1.29 is 0 Å². The fourth-order valence-corrected chi connectivity index (χ4v) is 7.25. The lowest BCUT2D eigenvalue weighted by atomic mass is 9.77. The van der Waals surface area contributed by atoms with Gasteiger partial charge in [0.25, 0.3) is 0 Å². The first-order valence-electron chi connectivity index (χ1n) is 17.0. The van der Waals surface area contributed by atoms with Gasteiger partial charge in [0, 0.05) is 23.2 Å². The van der Waals surface area contributed by atoms with Crippen LogP contribution < -0.4 is 4.90 Å². The molecule has 0 spiro atoms. The Bertz CT molecular complexity index is 2110. The fourth-order valence-electron chi connectivity index (χ4n) is 7.25. The minimum absolute atomic E-state index is 0.0595. The maximum Gasteiger partial charge on any atom is 0.239 e. The number of nitrogens with zero attached hydrogens (tertiary/aromatic N) is 6. The lowest BCUT2D eigenvalue weighted by Crippen LogP contribution is -2.17. The Morgan fingerprint density at radius 3 is 1.44 bits per heavy atom. The molecular weight excluding hydrogens is 613 g/mol. The van der Waals surface area contributed by atoms with Gasteiger partial charge in [-0.25, -0.2) is 15.0 Å². The summed E-state index contributed by atoms with van der Waals surface area (Å²) in [6.07, 6.45) is 3.29. The molecule has 6 nitrogen and oxygen atoms in total. The Morgan fingerprint density at radius 1 is 0.520 bits per heavy atom. The van der Waals surface area contributed by atoms with Crippen LogP contribution in [-0.2, 0) is 0 Å². The van der Waals surface area contributed by atoms with Crippen molar-refractivity contribution in [3.05, 3.63) is 178 Å². The SMILES string of the molecule is Cc1cc(C)c(C(c2ccc(N(c3ccncn3)c3nc(-c4ccccc4)nc(-c4ccccc4)n3)cc2)c2c(C)cc(C)cc2C)c(C)c1. The molecule has 0 atom stereocenters. The summed E-state index contributed by atoms with van der Waals surface area (Å²) in [6.45, 7) is 13.3. The predicted octanol–water partition coefficient (Wildman–Crippen LogP) is 10.5. The first-order valence-corrected chi connectivity index (χ1v) is 17.0. The Morgan fingerprint density at radius 2 is 1.00 bits per heavy atom. The van der Waals surface area contributed by atoms with Gasteiger partial charge in [-0.1, -0.05) is 108 Å². The predicted molar refractivity (Wildman–Crippen MR) is 203 cm³/mol. The van der Waals surface area contributed by atoms with Gasteiger partial charge in [0.15, 0.2) is 11.6 Å². The van der Waals surface area contributed by atoms with Crippen LogP contribution in [0.4, 0.5) is 17.5 Å². The molecule has 7 aromatic rings. The van der Waals surface area contributed by atoms with Gasteiger partial charge in [-0.05, 0) is 98.7 Å². The lowest BCUT2D eigenvalue weighted by Gasteiger charge is -2.28. The monoisotopic (exact) mass is 652 g/mol. The molecule has 0 aliphatic heterocycles. The van der Waals surface area contributed by atoms with Gasteiger partial charge in [-0.2, -0.15) is 9.97 Å². The number of hydrogen-bond donors (Lipinski definition) is 0. The van der Waals surface area contributed by atoms with Gasteiger partial charge >= 0.3 is 0 Å². The summed E-state index contributed by atoms with van der Waals surface area (Å²) in [7, 11) is 0. The molecule has 0 saturated heterocycles. The van der Waals surface area contributed by atoms with E-state index in [1.165, 1.54) is 50.1 Å². The standard InChI is InChI=1S/C44H40N6/c1-28-23-30(3)39(31(4)24-28)41(40-32(5)25-29(2)26-33(40)6)34-17-19-37(20-18-34)50(38-21-22-45-27-46-38)44-48-42(35-13-9-7-10-14-35)47-43(49-44)36-15-11-8-12-16-36/h7-27,41H,1-6H3. The van der Waals surface area contributed by atoms with Crippen molar-refractivity contribution >= 4 is 17.5 Å². The van der Waals surface area contributed by atoms with Gasteiger partial charge in [0.1, 0.15) is 12.1 Å². The normalized spacial score (nSPS) is 11.2. The number of benzene rings is 5. The second-order valence-corrected chi connectivity index (χ2v) is 13.1. The van der Waals surface area contributed by atoms with Gasteiger partial charge < -0.3 is 0 Å². The Labute approximate surface area is 294 Å². The Hall–Kier alpha value is -6.01. The quantitative estimate of drug-likeness (QED) is 0.152. The van der Waals surface area contributed by atoms with E-state index in [1.54, 1.807) is 12.5 Å². The van der Waals surface area contributed by atoms with Crippen molar-refractivity contribution in [1.29, 1.82) is 0 Å². The topological polar surface area (TPSA) is 67.7 Å². The van der Waals surface area contributed by atoms with E-state index >= 15 is 0 Å². The van der Waals surface area contributed by atoms with E-state index in [9.17, 15) is 0 Å². The third-order valence-corrected chi connectivity index (χ3v) is 9.22. The zero-order valence-corrected chi connectivity index (χ0v) is 29.4. The van der Waals surface area contributed by atoms with Crippen molar-refractivity contribution in [3.63, 3.8) is 0 Å². The molecule has 5 aromatic carbocycles. The van der Waals surface area contributed by atoms with Crippen LogP contribution in [0.1, 0.15) is 56.0 Å². The van der Waals surface area contributed by atoms with Crippen LogP contribution in [0.2, 0.25) is 0 Å². The van der Waals surface area contributed by atoms with Crippen LogP contribution in [0.25, 0.3) is 22.8 Å². The zero-order valence-electron chi connectivity index (χ0n) is 29.4. The second kappa shape index (κ2) is 13.8. The van der Waals surface area contributed by atoms with Gasteiger partial charge in [-0.15, -0.1) is 0 Å². The molecule has 0 fully saturated rings. The van der Waals surface area contributed by atoms with Crippen LogP contribution in [0.5, 0.6) is 0 Å². The summed E-state index contributed by atoms with van der Waals surface area (Å²) in [6, 6.07) is 39.9. The van der Waals surface area contributed by atoms with E-state index in [4.69, 9.17) is 15.0 Å². The molecule has 246 valence electrons. The molecule has 0 radical (unpaired) electrons. The minimum Gasteiger partial charge on any atom is -0.263 e. The molecule has 0 aliphatic carbocycles. The number of aryl methyl sites for hydroxylation is 6. The maximum atomic E-state index is 5.04. The van der Waals surface area contributed by atoms with Crippen molar-refractivity contribution in [2.45, 2.75) is 47.5 Å². The highest BCUT2D eigenvalue weighted by Crippen LogP contribution is 2.41. The molecule has 2 heterocycles. The number of anilines is 3. The molecule has 0 N–H and O–H groups in total. The van der Waals surface area contributed by atoms with E-state index in [0.717, 1.165) is 16.8 Å². The molecule has 0 aliphatic rings. The van der Waals surface area contributed by atoms with Crippen LogP contribution >= 0.6 is 0 Å². The van der Waals surface area contributed by atoms with Gasteiger partial charge in [0.2, 0.25) is 5.95 Å². The highest BCUT2D eigenvalue weighted by molar-refractivity contribution is 5.73. The third-order valence-electron chi connectivity index (χ3n) is 9.22. The molecule has 0 bridgehead atoms.